The number of hydrogen-bond donors (Lipinski definition) is 1. The van der Waals surface area contributed by atoms with Crippen molar-refractivity contribution >= 4 is 11.7 Å². The third kappa shape index (κ3) is 5.19. The van der Waals surface area contributed by atoms with E-state index in [9.17, 15) is 4.79 Å². The Morgan fingerprint density at radius 3 is 2.61 bits per heavy atom. The summed E-state index contributed by atoms with van der Waals surface area (Å²) in [7, 11) is 1.94. The van der Waals surface area contributed by atoms with Gasteiger partial charge in [0.05, 0.1) is 6.54 Å². The van der Waals surface area contributed by atoms with Gasteiger partial charge in [0.2, 0.25) is 0 Å². The van der Waals surface area contributed by atoms with Crippen molar-refractivity contribution in [2.45, 2.75) is 32.7 Å². The van der Waals surface area contributed by atoms with Crippen molar-refractivity contribution in [3.05, 3.63) is 78.1 Å². The fourth-order valence-corrected chi connectivity index (χ4v) is 3.11. The van der Waals surface area contributed by atoms with Crippen LogP contribution in [0, 0.1) is 0 Å². The number of carbonyl (C=O) groups excluding carboxylic acids is 1. The second-order valence-corrected chi connectivity index (χ2v) is 6.78. The van der Waals surface area contributed by atoms with Gasteiger partial charge in [-0.3, -0.25) is 4.98 Å². The predicted molar refractivity (Wildman–Crippen MR) is 111 cm³/mol. The molecule has 6 nitrogen and oxygen atoms in total. The van der Waals surface area contributed by atoms with Crippen molar-refractivity contribution in [2.24, 2.45) is 7.05 Å². The Hall–Kier alpha value is -3.15. The zero-order valence-corrected chi connectivity index (χ0v) is 16.5. The van der Waals surface area contributed by atoms with Crippen molar-refractivity contribution in [2.75, 3.05) is 11.9 Å². The van der Waals surface area contributed by atoms with Gasteiger partial charge in [0, 0.05) is 43.6 Å². The Bertz CT molecular complexity index is 891. The lowest BCUT2D eigenvalue weighted by Crippen LogP contribution is -2.36. The first kappa shape index (κ1) is 19.6. The van der Waals surface area contributed by atoms with Gasteiger partial charge < -0.3 is 14.8 Å². The Morgan fingerprint density at radius 2 is 1.89 bits per heavy atom. The molecule has 2 heterocycles. The summed E-state index contributed by atoms with van der Waals surface area (Å²) in [6.45, 7) is 3.23. The molecular formula is C22H27N5O. The first-order valence-corrected chi connectivity index (χ1v) is 9.67. The average molecular weight is 377 g/mol. The van der Waals surface area contributed by atoms with Crippen LogP contribution in [-0.4, -0.2) is 32.0 Å². The van der Waals surface area contributed by atoms with Gasteiger partial charge in [0.25, 0.3) is 0 Å². The van der Waals surface area contributed by atoms with Crippen LogP contribution in [0.15, 0.2) is 61.1 Å². The van der Waals surface area contributed by atoms with Gasteiger partial charge in [-0.1, -0.05) is 31.2 Å². The lowest BCUT2D eigenvalue weighted by atomic mass is 10.1. The minimum absolute atomic E-state index is 0.102. The number of aromatic nitrogens is 3. The standard InChI is InChI=1S/C22H27N5O/c1-3-15-27(17-21-24-14-16-26(21)2)22(28)25-20-10-5-4-8-18(20)11-12-19-9-6-7-13-23-19/h4-10,13-14,16H,3,11-12,15,17H2,1-2H3,(H,25,28). The minimum atomic E-state index is -0.102. The Morgan fingerprint density at radius 1 is 1.07 bits per heavy atom. The summed E-state index contributed by atoms with van der Waals surface area (Å²) in [6, 6.07) is 13.8. The van der Waals surface area contributed by atoms with Crippen LogP contribution in [0.4, 0.5) is 10.5 Å². The molecule has 0 unspecified atom stereocenters. The summed E-state index contributed by atoms with van der Waals surface area (Å²) in [4.78, 5) is 23.5. The van der Waals surface area contributed by atoms with E-state index in [-0.39, 0.29) is 6.03 Å². The number of carbonyl (C=O) groups is 1. The zero-order valence-electron chi connectivity index (χ0n) is 16.5. The lowest BCUT2D eigenvalue weighted by molar-refractivity contribution is 0.207. The largest absolute Gasteiger partial charge is 0.337 e. The Balaban J connectivity index is 1.68. The molecule has 0 saturated heterocycles. The summed E-state index contributed by atoms with van der Waals surface area (Å²) in [6.07, 6.45) is 8.00. The van der Waals surface area contributed by atoms with Crippen molar-refractivity contribution in [1.82, 2.24) is 19.4 Å². The number of pyridine rings is 1. The predicted octanol–water partition coefficient (Wildman–Crippen LogP) is 4.04. The Kier molecular flexibility index (Phi) is 6.78. The zero-order chi connectivity index (χ0) is 19.8. The number of amides is 2. The maximum Gasteiger partial charge on any atom is 0.322 e. The topological polar surface area (TPSA) is 63.1 Å². The van der Waals surface area contributed by atoms with Crippen LogP contribution < -0.4 is 5.32 Å². The van der Waals surface area contributed by atoms with Crippen molar-refractivity contribution in [3.63, 3.8) is 0 Å². The molecule has 0 aliphatic carbocycles. The number of nitrogens with one attached hydrogen (secondary N) is 1. The van der Waals surface area contributed by atoms with Gasteiger partial charge in [-0.05, 0) is 43.0 Å². The highest BCUT2D eigenvalue weighted by Gasteiger charge is 2.16. The fraction of sp³-hybridized carbons (Fsp3) is 0.318. The van der Waals surface area contributed by atoms with E-state index in [1.165, 1.54) is 0 Å². The third-order valence-electron chi connectivity index (χ3n) is 4.67. The molecule has 6 heteroatoms. The normalized spacial score (nSPS) is 10.6. The SMILES string of the molecule is CCCN(Cc1nccn1C)C(=O)Nc1ccccc1CCc1ccccn1. The number of anilines is 1. The quantitative estimate of drug-likeness (QED) is 0.644. The maximum atomic E-state index is 12.9. The highest BCUT2D eigenvalue weighted by Crippen LogP contribution is 2.18. The molecule has 146 valence electrons. The monoisotopic (exact) mass is 377 g/mol. The van der Waals surface area contributed by atoms with E-state index in [1.807, 2.05) is 60.4 Å². The van der Waals surface area contributed by atoms with E-state index in [0.717, 1.165) is 42.0 Å². The number of benzene rings is 1. The summed E-state index contributed by atoms with van der Waals surface area (Å²) < 4.78 is 1.94. The number of hydrogen-bond acceptors (Lipinski definition) is 3. The number of urea groups is 1. The van der Waals surface area contributed by atoms with E-state index in [0.29, 0.717) is 13.1 Å². The first-order chi connectivity index (χ1) is 13.7. The third-order valence-corrected chi connectivity index (χ3v) is 4.67. The molecular weight excluding hydrogens is 350 g/mol. The van der Waals surface area contributed by atoms with Gasteiger partial charge in [0.15, 0.2) is 0 Å². The van der Waals surface area contributed by atoms with Crippen LogP contribution in [0.2, 0.25) is 0 Å². The Labute approximate surface area is 166 Å². The van der Waals surface area contributed by atoms with Gasteiger partial charge in [-0.25, -0.2) is 9.78 Å². The van der Waals surface area contributed by atoms with Gasteiger partial charge in [-0.2, -0.15) is 0 Å². The van der Waals surface area contributed by atoms with Crippen LogP contribution >= 0.6 is 0 Å². The highest BCUT2D eigenvalue weighted by molar-refractivity contribution is 5.90. The van der Waals surface area contributed by atoms with E-state index in [1.54, 1.807) is 11.1 Å². The number of nitrogens with zero attached hydrogens (tertiary/aromatic N) is 4. The molecule has 0 aliphatic rings. The molecule has 3 aromatic rings. The van der Waals surface area contributed by atoms with Crippen LogP contribution in [0.25, 0.3) is 0 Å². The van der Waals surface area contributed by atoms with Crippen molar-refractivity contribution in [1.29, 1.82) is 0 Å². The first-order valence-electron chi connectivity index (χ1n) is 9.67. The maximum absolute atomic E-state index is 12.9. The molecule has 3 rings (SSSR count). The van der Waals surface area contributed by atoms with E-state index in [4.69, 9.17) is 0 Å². The number of para-hydroxylation sites is 1. The molecule has 1 N–H and O–H groups in total. The number of aryl methyl sites for hydroxylation is 3. The minimum Gasteiger partial charge on any atom is -0.337 e. The second-order valence-electron chi connectivity index (χ2n) is 6.78. The fourth-order valence-electron chi connectivity index (χ4n) is 3.11. The smallest absolute Gasteiger partial charge is 0.322 e. The molecule has 0 radical (unpaired) electrons. The van der Waals surface area contributed by atoms with Crippen LogP contribution in [0.1, 0.15) is 30.4 Å². The number of imidazole rings is 1. The van der Waals surface area contributed by atoms with Gasteiger partial charge in [-0.15, -0.1) is 0 Å². The van der Waals surface area contributed by atoms with Crippen molar-refractivity contribution < 1.29 is 4.79 Å². The van der Waals surface area contributed by atoms with Crippen LogP contribution in [-0.2, 0) is 26.4 Å². The molecule has 2 aromatic heterocycles. The average Bonchev–Trinajstić information content (AvgIpc) is 3.12. The lowest BCUT2D eigenvalue weighted by Gasteiger charge is -2.23. The molecule has 0 fully saturated rings. The highest BCUT2D eigenvalue weighted by atomic mass is 16.2. The van der Waals surface area contributed by atoms with Crippen LogP contribution in [0.3, 0.4) is 0 Å². The molecule has 2 amide bonds. The summed E-state index contributed by atoms with van der Waals surface area (Å²) in [5, 5.41) is 3.09. The van der Waals surface area contributed by atoms with Gasteiger partial charge in [0.1, 0.15) is 5.82 Å². The molecule has 1 aromatic carbocycles. The number of rotatable bonds is 8. The van der Waals surface area contributed by atoms with Crippen LogP contribution in [0.5, 0.6) is 0 Å². The summed E-state index contributed by atoms with van der Waals surface area (Å²) in [5.74, 6) is 0.868. The molecule has 0 atom stereocenters. The summed E-state index contributed by atoms with van der Waals surface area (Å²) >= 11 is 0. The molecule has 0 saturated carbocycles. The van der Waals surface area contributed by atoms with E-state index >= 15 is 0 Å². The molecule has 28 heavy (non-hydrogen) atoms. The molecule has 0 spiro atoms. The summed E-state index contributed by atoms with van der Waals surface area (Å²) in [5.41, 5.74) is 3.00. The van der Waals surface area contributed by atoms with Gasteiger partial charge >= 0.3 is 6.03 Å². The molecule has 0 bridgehead atoms. The van der Waals surface area contributed by atoms with Crippen molar-refractivity contribution in [3.8, 4) is 0 Å². The van der Waals surface area contributed by atoms with E-state index in [2.05, 4.69) is 28.3 Å². The second kappa shape index (κ2) is 9.69. The van der Waals surface area contributed by atoms with E-state index < -0.39 is 0 Å². The molecule has 0 aliphatic heterocycles.